The van der Waals surface area contributed by atoms with Gasteiger partial charge in [-0.1, -0.05) is 104 Å². The number of hydrogen-bond acceptors (Lipinski definition) is 4. The van der Waals surface area contributed by atoms with E-state index in [-0.39, 0.29) is 12.3 Å². The summed E-state index contributed by atoms with van der Waals surface area (Å²) in [4.78, 5) is 12.0. The second-order valence-electron chi connectivity index (χ2n) is 8.53. The van der Waals surface area contributed by atoms with Crippen LogP contribution in [-0.2, 0) is 19.0 Å². The first kappa shape index (κ1) is 29.4. The van der Waals surface area contributed by atoms with Crippen molar-refractivity contribution in [3.63, 3.8) is 0 Å². The lowest BCUT2D eigenvalue weighted by Gasteiger charge is -2.18. The molecule has 180 valence electrons. The molecule has 0 aliphatic rings. The number of carbonyl (C=O) groups is 1. The number of hydrogen-bond donors (Lipinski definition) is 0. The summed E-state index contributed by atoms with van der Waals surface area (Å²) in [6.07, 6.45) is 20.2. The molecule has 0 N–H and O–H groups in total. The van der Waals surface area contributed by atoms with Gasteiger partial charge in [-0.05, 0) is 19.3 Å². The van der Waals surface area contributed by atoms with E-state index in [1.807, 2.05) is 0 Å². The number of rotatable bonds is 24. The van der Waals surface area contributed by atoms with Crippen LogP contribution < -0.4 is 0 Å². The van der Waals surface area contributed by atoms with Gasteiger partial charge in [0.2, 0.25) is 0 Å². The van der Waals surface area contributed by atoms with Crippen LogP contribution in [0, 0.1) is 0 Å². The molecule has 0 bridgehead atoms. The maximum Gasteiger partial charge on any atom is 0.305 e. The van der Waals surface area contributed by atoms with Crippen LogP contribution in [0.5, 0.6) is 0 Å². The summed E-state index contributed by atoms with van der Waals surface area (Å²) in [6.45, 7) is 8.65. The first-order valence-electron chi connectivity index (χ1n) is 13.1. The van der Waals surface area contributed by atoms with Crippen LogP contribution >= 0.6 is 0 Å². The van der Waals surface area contributed by atoms with Gasteiger partial charge in [0.05, 0.1) is 13.0 Å². The highest BCUT2D eigenvalue weighted by Gasteiger charge is 2.13. The van der Waals surface area contributed by atoms with E-state index >= 15 is 0 Å². The maximum absolute atomic E-state index is 12.0. The summed E-state index contributed by atoms with van der Waals surface area (Å²) in [5.41, 5.74) is 0. The van der Waals surface area contributed by atoms with E-state index in [0.29, 0.717) is 19.4 Å². The highest BCUT2D eigenvalue weighted by molar-refractivity contribution is 5.69. The fourth-order valence-electron chi connectivity index (χ4n) is 3.43. The molecule has 0 unspecified atom stereocenters. The summed E-state index contributed by atoms with van der Waals surface area (Å²) in [6, 6.07) is 0. The first-order chi connectivity index (χ1) is 14.7. The molecule has 0 aromatic carbocycles. The van der Waals surface area contributed by atoms with Gasteiger partial charge in [0.1, 0.15) is 0 Å². The quantitative estimate of drug-likeness (QED) is 0.0888. The third-order valence-corrected chi connectivity index (χ3v) is 5.45. The Morgan fingerprint density at radius 2 is 0.967 bits per heavy atom. The van der Waals surface area contributed by atoms with Gasteiger partial charge < -0.3 is 14.2 Å². The van der Waals surface area contributed by atoms with Gasteiger partial charge in [-0.15, -0.1) is 0 Å². The van der Waals surface area contributed by atoms with E-state index in [9.17, 15) is 4.79 Å². The summed E-state index contributed by atoms with van der Waals surface area (Å²) < 4.78 is 17.3. The average Bonchev–Trinajstić information content (AvgIpc) is 2.75. The molecule has 4 nitrogen and oxygen atoms in total. The smallest absolute Gasteiger partial charge is 0.305 e. The topological polar surface area (TPSA) is 44.8 Å². The SMILES string of the molecule is CCCCCCCCOC(CCC(=O)OCCCCCC)OCCCCCCCC. The van der Waals surface area contributed by atoms with Gasteiger partial charge >= 0.3 is 5.97 Å². The standard InChI is InChI=1S/C26H52O4/c1-4-7-10-13-15-18-23-29-26(30-24-19-16-14-11-8-5-2)21-20-25(27)28-22-17-12-9-6-3/h26H,4-24H2,1-3H3. The van der Waals surface area contributed by atoms with Gasteiger partial charge in [-0.2, -0.15) is 0 Å². The maximum atomic E-state index is 12.0. The lowest BCUT2D eigenvalue weighted by molar-refractivity contribution is -0.159. The fraction of sp³-hybridized carbons (Fsp3) is 0.962. The molecular formula is C26H52O4. The Morgan fingerprint density at radius 1 is 0.567 bits per heavy atom. The fourth-order valence-corrected chi connectivity index (χ4v) is 3.43. The van der Waals surface area contributed by atoms with Crippen molar-refractivity contribution in [2.24, 2.45) is 0 Å². The minimum Gasteiger partial charge on any atom is -0.466 e. The Bertz CT molecular complexity index is 328. The molecule has 0 heterocycles. The molecule has 4 heteroatoms. The van der Waals surface area contributed by atoms with Crippen molar-refractivity contribution < 1.29 is 19.0 Å². The van der Waals surface area contributed by atoms with Crippen LogP contribution in [0.3, 0.4) is 0 Å². The van der Waals surface area contributed by atoms with Crippen molar-refractivity contribution in [3.8, 4) is 0 Å². The second kappa shape index (κ2) is 24.7. The van der Waals surface area contributed by atoms with Crippen LogP contribution in [0.2, 0.25) is 0 Å². The van der Waals surface area contributed by atoms with E-state index < -0.39 is 0 Å². The Labute approximate surface area is 187 Å². The number of unbranched alkanes of at least 4 members (excludes halogenated alkanes) is 13. The van der Waals surface area contributed by atoms with Crippen molar-refractivity contribution in [3.05, 3.63) is 0 Å². The van der Waals surface area contributed by atoms with Crippen molar-refractivity contribution in [2.75, 3.05) is 19.8 Å². The zero-order valence-corrected chi connectivity index (χ0v) is 20.6. The minimum absolute atomic E-state index is 0.122. The van der Waals surface area contributed by atoms with Gasteiger partial charge in [-0.3, -0.25) is 4.79 Å². The summed E-state index contributed by atoms with van der Waals surface area (Å²) in [5.74, 6) is -0.122. The third kappa shape index (κ3) is 22.1. The lowest BCUT2D eigenvalue weighted by Crippen LogP contribution is -2.21. The molecule has 0 spiro atoms. The number of esters is 1. The highest BCUT2D eigenvalue weighted by Crippen LogP contribution is 2.12. The van der Waals surface area contributed by atoms with E-state index in [2.05, 4.69) is 20.8 Å². The molecule has 30 heavy (non-hydrogen) atoms. The molecule has 0 aromatic heterocycles. The number of carbonyl (C=O) groups excluding carboxylic acids is 1. The van der Waals surface area contributed by atoms with Crippen molar-refractivity contribution >= 4 is 5.97 Å². The van der Waals surface area contributed by atoms with Crippen LogP contribution in [-0.4, -0.2) is 32.1 Å². The summed E-state index contributed by atoms with van der Waals surface area (Å²) >= 11 is 0. The lowest BCUT2D eigenvalue weighted by atomic mass is 10.1. The second-order valence-corrected chi connectivity index (χ2v) is 8.53. The van der Waals surface area contributed by atoms with E-state index in [1.165, 1.54) is 77.0 Å². The predicted molar refractivity (Wildman–Crippen MR) is 127 cm³/mol. The Hall–Kier alpha value is -0.610. The van der Waals surface area contributed by atoms with Gasteiger partial charge in [0, 0.05) is 19.6 Å². The normalized spacial score (nSPS) is 11.3. The molecule has 0 aliphatic carbocycles. The largest absolute Gasteiger partial charge is 0.466 e. The van der Waals surface area contributed by atoms with E-state index in [4.69, 9.17) is 14.2 Å². The zero-order chi connectivity index (χ0) is 22.1. The van der Waals surface area contributed by atoms with Crippen LogP contribution in [0.25, 0.3) is 0 Å². The molecule has 0 saturated heterocycles. The number of ether oxygens (including phenoxy) is 3. The summed E-state index contributed by atoms with van der Waals surface area (Å²) in [5, 5.41) is 0. The van der Waals surface area contributed by atoms with E-state index in [0.717, 1.165) is 38.9 Å². The first-order valence-corrected chi connectivity index (χ1v) is 13.1. The molecule has 0 aliphatic heterocycles. The molecule has 0 rings (SSSR count). The Balaban J connectivity index is 3.99. The highest BCUT2D eigenvalue weighted by atomic mass is 16.7. The molecule has 0 aromatic rings. The Morgan fingerprint density at radius 3 is 1.47 bits per heavy atom. The van der Waals surface area contributed by atoms with Gasteiger partial charge in [-0.25, -0.2) is 0 Å². The van der Waals surface area contributed by atoms with Gasteiger partial charge in [0.25, 0.3) is 0 Å². The predicted octanol–water partition coefficient (Wildman–Crippen LogP) is 7.97. The van der Waals surface area contributed by atoms with Crippen LogP contribution in [0.1, 0.15) is 136 Å². The van der Waals surface area contributed by atoms with Crippen LogP contribution in [0.4, 0.5) is 0 Å². The average molecular weight is 429 g/mol. The monoisotopic (exact) mass is 428 g/mol. The molecular weight excluding hydrogens is 376 g/mol. The molecule has 0 fully saturated rings. The molecule has 0 radical (unpaired) electrons. The minimum atomic E-state index is -0.274. The zero-order valence-electron chi connectivity index (χ0n) is 20.6. The van der Waals surface area contributed by atoms with Crippen molar-refractivity contribution in [1.29, 1.82) is 0 Å². The van der Waals surface area contributed by atoms with Crippen molar-refractivity contribution in [1.82, 2.24) is 0 Å². The van der Waals surface area contributed by atoms with Crippen LogP contribution in [0.15, 0.2) is 0 Å². The third-order valence-electron chi connectivity index (χ3n) is 5.45. The summed E-state index contributed by atoms with van der Waals surface area (Å²) in [7, 11) is 0. The van der Waals surface area contributed by atoms with Crippen molar-refractivity contribution in [2.45, 2.75) is 143 Å². The molecule has 0 amide bonds. The van der Waals surface area contributed by atoms with Gasteiger partial charge in [0.15, 0.2) is 6.29 Å². The molecule has 0 atom stereocenters. The molecule has 0 saturated carbocycles. The van der Waals surface area contributed by atoms with E-state index in [1.54, 1.807) is 0 Å². The Kier molecular flexibility index (Phi) is 24.2.